The van der Waals surface area contributed by atoms with Crippen LogP contribution >= 0.6 is 11.6 Å². The number of fused-ring (bicyclic) bond motifs is 1. The molecule has 1 heterocycles. The maximum atomic E-state index is 13.5. The molecule has 7 heteroatoms. The van der Waals surface area contributed by atoms with Crippen LogP contribution in [0.4, 0.5) is 0 Å². The van der Waals surface area contributed by atoms with E-state index >= 15 is 0 Å². The largest absolute Gasteiger partial charge is 0.495 e. The van der Waals surface area contributed by atoms with Gasteiger partial charge in [0, 0.05) is 10.6 Å². The van der Waals surface area contributed by atoms with Crippen molar-refractivity contribution in [3.63, 3.8) is 0 Å². The lowest BCUT2D eigenvalue weighted by Crippen LogP contribution is -2.22. The molecule has 0 aliphatic carbocycles. The first kappa shape index (κ1) is 21.5. The molecule has 0 unspecified atom stereocenters. The Bertz CT molecular complexity index is 1380. The van der Waals surface area contributed by atoms with E-state index in [1.54, 1.807) is 57.7 Å². The van der Waals surface area contributed by atoms with Crippen molar-refractivity contribution >= 4 is 34.7 Å². The van der Waals surface area contributed by atoms with E-state index in [0.717, 1.165) is 5.56 Å². The first-order chi connectivity index (χ1) is 15.6. The van der Waals surface area contributed by atoms with E-state index < -0.39 is 0 Å². The van der Waals surface area contributed by atoms with Crippen molar-refractivity contribution in [2.24, 2.45) is 0 Å². The average Bonchev–Trinajstić information content (AvgIpc) is 2.82. The van der Waals surface area contributed by atoms with Crippen molar-refractivity contribution in [2.45, 2.75) is 0 Å². The normalized spacial score (nSPS) is 11.1. The average molecular weight is 449 g/mol. The van der Waals surface area contributed by atoms with Gasteiger partial charge in [0.2, 0.25) is 0 Å². The number of aromatic nitrogens is 2. The van der Waals surface area contributed by atoms with Crippen LogP contribution in [0, 0.1) is 0 Å². The van der Waals surface area contributed by atoms with Gasteiger partial charge in [-0.2, -0.15) is 0 Å². The van der Waals surface area contributed by atoms with Gasteiger partial charge in [0.25, 0.3) is 5.56 Å². The molecule has 0 spiro atoms. The van der Waals surface area contributed by atoms with Crippen LogP contribution in [-0.2, 0) is 0 Å². The fraction of sp³-hybridized carbons (Fsp3) is 0.120. The number of rotatable bonds is 6. The summed E-state index contributed by atoms with van der Waals surface area (Å²) >= 11 is 6.25. The van der Waals surface area contributed by atoms with E-state index in [0.29, 0.717) is 44.7 Å². The molecule has 0 radical (unpaired) electrons. The zero-order chi connectivity index (χ0) is 22.7. The van der Waals surface area contributed by atoms with Crippen molar-refractivity contribution in [3.05, 3.63) is 87.4 Å². The topological polar surface area (TPSA) is 62.6 Å². The van der Waals surface area contributed by atoms with Gasteiger partial charge in [-0.15, -0.1) is 0 Å². The molecule has 0 bridgehead atoms. The number of hydrogen-bond acceptors (Lipinski definition) is 5. The lowest BCUT2D eigenvalue weighted by molar-refractivity contribution is 0.354. The van der Waals surface area contributed by atoms with E-state index in [4.69, 9.17) is 30.8 Å². The molecule has 6 nitrogen and oxygen atoms in total. The molecule has 0 saturated heterocycles. The van der Waals surface area contributed by atoms with Crippen molar-refractivity contribution < 1.29 is 14.2 Å². The Hall–Kier alpha value is -3.77. The van der Waals surface area contributed by atoms with Crippen molar-refractivity contribution in [2.75, 3.05) is 21.3 Å². The highest BCUT2D eigenvalue weighted by Crippen LogP contribution is 2.32. The summed E-state index contributed by atoms with van der Waals surface area (Å²) in [7, 11) is 4.71. The molecule has 0 aliphatic heterocycles. The molecule has 0 fully saturated rings. The maximum Gasteiger partial charge on any atom is 0.266 e. The number of ether oxygens (including phenoxy) is 3. The van der Waals surface area contributed by atoms with Crippen LogP contribution in [-0.4, -0.2) is 30.9 Å². The van der Waals surface area contributed by atoms with Gasteiger partial charge in [-0.25, -0.2) is 4.98 Å². The minimum atomic E-state index is -0.228. The summed E-state index contributed by atoms with van der Waals surface area (Å²) < 4.78 is 17.9. The van der Waals surface area contributed by atoms with Crippen LogP contribution in [0.1, 0.15) is 11.4 Å². The summed E-state index contributed by atoms with van der Waals surface area (Å²) in [5, 5.41) is 0.968. The smallest absolute Gasteiger partial charge is 0.266 e. The number of halogens is 1. The van der Waals surface area contributed by atoms with Crippen LogP contribution in [0.3, 0.4) is 0 Å². The summed E-state index contributed by atoms with van der Waals surface area (Å²) in [6, 6.07) is 17.9. The highest BCUT2D eigenvalue weighted by Gasteiger charge is 2.16. The van der Waals surface area contributed by atoms with Gasteiger partial charge in [0.1, 0.15) is 11.6 Å². The fourth-order valence-corrected chi connectivity index (χ4v) is 3.71. The second-order valence-corrected chi connectivity index (χ2v) is 7.30. The molecule has 32 heavy (non-hydrogen) atoms. The predicted molar refractivity (Wildman–Crippen MR) is 127 cm³/mol. The van der Waals surface area contributed by atoms with Gasteiger partial charge >= 0.3 is 0 Å². The predicted octanol–water partition coefficient (Wildman–Crippen LogP) is 5.24. The molecular formula is C25H21ClN2O4. The molecule has 0 saturated carbocycles. The van der Waals surface area contributed by atoms with E-state index in [1.165, 1.54) is 4.57 Å². The Morgan fingerprint density at radius 3 is 2.41 bits per heavy atom. The van der Waals surface area contributed by atoms with Gasteiger partial charge in [-0.1, -0.05) is 35.9 Å². The second-order valence-electron chi connectivity index (χ2n) is 6.86. The molecular weight excluding hydrogens is 428 g/mol. The summed E-state index contributed by atoms with van der Waals surface area (Å²) in [4.78, 5) is 18.2. The summed E-state index contributed by atoms with van der Waals surface area (Å²) in [6.45, 7) is 0. The fourth-order valence-electron chi connectivity index (χ4n) is 3.54. The van der Waals surface area contributed by atoms with Crippen molar-refractivity contribution in [1.82, 2.24) is 9.55 Å². The molecule has 0 N–H and O–H groups in total. The van der Waals surface area contributed by atoms with Gasteiger partial charge in [-0.3, -0.25) is 9.36 Å². The number of benzene rings is 3. The Kier molecular flexibility index (Phi) is 6.14. The van der Waals surface area contributed by atoms with Crippen LogP contribution in [0.2, 0.25) is 5.02 Å². The van der Waals surface area contributed by atoms with Crippen molar-refractivity contribution in [3.8, 4) is 22.9 Å². The first-order valence-electron chi connectivity index (χ1n) is 9.82. The Labute approximate surface area is 190 Å². The Balaban J connectivity index is 1.98. The Morgan fingerprint density at radius 1 is 0.875 bits per heavy atom. The molecule has 4 rings (SSSR count). The lowest BCUT2D eigenvalue weighted by atomic mass is 10.1. The summed E-state index contributed by atoms with van der Waals surface area (Å²) in [6.07, 6.45) is 3.58. The molecule has 0 amide bonds. The minimum absolute atomic E-state index is 0.228. The maximum absolute atomic E-state index is 13.5. The van der Waals surface area contributed by atoms with Gasteiger partial charge < -0.3 is 14.2 Å². The third kappa shape index (κ3) is 3.92. The minimum Gasteiger partial charge on any atom is -0.495 e. The van der Waals surface area contributed by atoms with Gasteiger partial charge in [0.05, 0.1) is 37.9 Å². The number of methoxy groups -OCH3 is 3. The zero-order valence-corrected chi connectivity index (χ0v) is 18.6. The van der Waals surface area contributed by atoms with Crippen molar-refractivity contribution in [1.29, 1.82) is 0 Å². The van der Waals surface area contributed by atoms with E-state index in [-0.39, 0.29) is 5.56 Å². The van der Waals surface area contributed by atoms with Crippen LogP contribution in [0.5, 0.6) is 17.2 Å². The molecule has 162 valence electrons. The molecule has 1 aromatic heterocycles. The van der Waals surface area contributed by atoms with Crippen LogP contribution in [0.15, 0.2) is 65.5 Å². The van der Waals surface area contributed by atoms with Crippen LogP contribution < -0.4 is 19.8 Å². The summed E-state index contributed by atoms with van der Waals surface area (Å²) in [5.74, 6) is 2.11. The molecule has 0 aliphatic rings. The van der Waals surface area contributed by atoms with Crippen LogP contribution in [0.25, 0.3) is 28.7 Å². The summed E-state index contributed by atoms with van der Waals surface area (Å²) in [5.41, 5.74) is 1.64. The van der Waals surface area contributed by atoms with E-state index in [2.05, 4.69) is 0 Å². The first-order valence-corrected chi connectivity index (χ1v) is 10.2. The number of para-hydroxylation sites is 2. The molecule has 0 atom stereocenters. The molecule has 4 aromatic rings. The quantitative estimate of drug-likeness (QED) is 0.404. The third-order valence-electron chi connectivity index (χ3n) is 5.03. The number of nitrogens with zero attached hydrogens (tertiary/aromatic N) is 2. The number of hydrogen-bond donors (Lipinski definition) is 0. The lowest BCUT2D eigenvalue weighted by Gasteiger charge is -2.15. The highest BCUT2D eigenvalue weighted by molar-refractivity contribution is 6.30. The zero-order valence-electron chi connectivity index (χ0n) is 17.8. The van der Waals surface area contributed by atoms with Gasteiger partial charge in [0.15, 0.2) is 11.5 Å². The Morgan fingerprint density at radius 2 is 1.66 bits per heavy atom. The monoisotopic (exact) mass is 448 g/mol. The van der Waals surface area contributed by atoms with E-state index in [9.17, 15) is 4.79 Å². The second kappa shape index (κ2) is 9.16. The third-order valence-corrected chi connectivity index (χ3v) is 5.26. The standard InChI is InChI=1S/C25H21ClN2O4/c1-30-21-13-12-17(26)15-20(21)28-23(27-19-9-5-4-8-18(19)25(28)29)14-11-16-7-6-10-22(31-2)24(16)32-3/h4-15H,1-3H3. The van der Waals surface area contributed by atoms with E-state index in [1.807, 2.05) is 36.4 Å². The highest BCUT2D eigenvalue weighted by atomic mass is 35.5. The van der Waals surface area contributed by atoms with Gasteiger partial charge in [-0.05, 0) is 48.6 Å². The SMILES string of the molecule is COc1ccc(Cl)cc1-n1c(C=Cc2cccc(OC)c2OC)nc2ccccc2c1=O. The molecule has 3 aromatic carbocycles.